The first kappa shape index (κ1) is 16.2. The van der Waals surface area contributed by atoms with Crippen LogP contribution >= 0.6 is 0 Å². The van der Waals surface area contributed by atoms with Gasteiger partial charge in [-0.05, 0) is 37.5 Å². The Balaban J connectivity index is 3.36. The third-order valence-electron chi connectivity index (χ3n) is 2.95. The SMILES string of the molecule is C#CC(CC)NS(=O)(=O)c1cc(C(=O)O)c(C)cc1C. The molecule has 0 fully saturated rings. The third-order valence-corrected chi connectivity index (χ3v) is 4.56. The van der Waals surface area contributed by atoms with Crippen molar-refractivity contribution >= 4 is 16.0 Å². The molecule has 0 heterocycles. The molecule has 0 saturated heterocycles. The molecule has 6 heteroatoms. The van der Waals surface area contributed by atoms with Gasteiger partial charge in [0.1, 0.15) is 0 Å². The molecule has 20 heavy (non-hydrogen) atoms. The summed E-state index contributed by atoms with van der Waals surface area (Å²) in [5, 5.41) is 9.07. The van der Waals surface area contributed by atoms with Crippen LogP contribution in [0.25, 0.3) is 0 Å². The highest BCUT2D eigenvalue weighted by Gasteiger charge is 2.22. The summed E-state index contributed by atoms with van der Waals surface area (Å²) in [6.45, 7) is 5.00. The number of sulfonamides is 1. The average Bonchev–Trinajstić information content (AvgIpc) is 2.35. The second kappa shape index (κ2) is 6.07. The predicted molar refractivity (Wildman–Crippen MR) is 76.1 cm³/mol. The van der Waals surface area contributed by atoms with E-state index in [9.17, 15) is 13.2 Å². The Morgan fingerprint density at radius 2 is 2.00 bits per heavy atom. The Labute approximate surface area is 119 Å². The van der Waals surface area contributed by atoms with E-state index in [1.807, 2.05) is 0 Å². The van der Waals surface area contributed by atoms with Crippen molar-refractivity contribution in [3.8, 4) is 12.3 Å². The fourth-order valence-electron chi connectivity index (χ4n) is 1.84. The Morgan fingerprint density at radius 1 is 1.40 bits per heavy atom. The van der Waals surface area contributed by atoms with Gasteiger partial charge in [0, 0.05) is 0 Å². The maximum atomic E-state index is 12.3. The van der Waals surface area contributed by atoms with E-state index in [4.69, 9.17) is 11.5 Å². The maximum absolute atomic E-state index is 12.3. The number of carbonyl (C=O) groups is 1. The Morgan fingerprint density at radius 3 is 2.45 bits per heavy atom. The number of carboxylic acid groups (broad SMARTS) is 1. The highest BCUT2D eigenvalue weighted by molar-refractivity contribution is 7.89. The van der Waals surface area contributed by atoms with E-state index >= 15 is 0 Å². The van der Waals surface area contributed by atoms with Crippen molar-refractivity contribution in [3.05, 3.63) is 28.8 Å². The number of hydrogen-bond acceptors (Lipinski definition) is 3. The summed E-state index contributed by atoms with van der Waals surface area (Å²) < 4.78 is 26.9. The van der Waals surface area contributed by atoms with Crippen molar-refractivity contribution in [3.63, 3.8) is 0 Å². The van der Waals surface area contributed by atoms with Crippen LogP contribution in [0.2, 0.25) is 0 Å². The number of aromatic carboxylic acids is 1. The number of terminal acetylenes is 1. The first-order valence-corrected chi connectivity index (χ1v) is 7.54. The van der Waals surface area contributed by atoms with Gasteiger partial charge < -0.3 is 5.11 Å². The summed E-state index contributed by atoms with van der Waals surface area (Å²) in [6, 6.07) is 2.09. The molecule has 1 aromatic carbocycles. The minimum absolute atomic E-state index is 0.0373. The normalized spacial score (nSPS) is 12.7. The van der Waals surface area contributed by atoms with Crippen LogP contribution < -0.4 is 4.72 Å². The Hall–Kier alpha value is -1.84. The molecule has 5 nitrogen and oxygen atoms in total. The van der Waals surface area contributed by atoms with Gasteiger partial charge in [-0.2, -0.15) is 4.72 Å². The number of benzene rings is 1. The monoisotopic (exact) mass is 295 g/mol. The van der Waals surface area contributed by atoms with E-state index in [1.165, 1.54) is 12.1 Å². The van der Waals surface area contributed by atoms with Gasteiger partial charge in [-0.3, -0.25) is 0 Å². The molecule has 0 radical (unpaired) electrons. The highest BCUT2D eigenvalue weighted by Crippen LogP contribution is 2.21. The summed E-state index contributed by atoms with van der Waals surface area (Å²) in [5.74, 6) is 1.18. The van der Waals surface area contributed by atoms with Gasteiger partial charge in [-0.1, -0.05) is 18.9 Å². The van der Waals surface area contributed by atoms with Crippen LogP contribution in [0.5, 0.6) is 0 Å². The zero-order valence-corrected chi connectivity index (χ0v) is 12.4. The molecule has 1 unspecified atom stereocenters. The van der Waals surface area contributed by atoms with Gasteiger partial charge in [0.25, 0.3) is 0 Å². The number of carboxylic acids is 1. The van der Waals surface area contributed by atoms with E-state index in [-0.39, 0.29) is 10.5 Å². The van der Waals surface area contributed by atoms with E-state index in [1.54, 1.807) is 20.8 Å². The summed E-state index contributed by atoms with van der Waals surface area (Å²) in [5.41, 5.74) is 0.953. The number of hydrogen-bond donors (Lipinski definition) is 2. The molecule has 1 rings (SSSR count). The van der Waals surface area contributed by atoms with Crippen LogP contribution in [0.3, 0.4) is 0 Å². The Kier molecular flexibility index (Phi) is 4.93. The van der Waals surface area contributed by atoms with Crippen LogP contribution in [0.4, 0.5) is 0 Å². The van der Waals surface area contributed by atoms with Crippen LogP contribution in [0.1, 0.15) is 34.8 Å². The number of aryl methyl sites for hydroxylation is 2. The van der Waals surface area contributed by atoms with Gasteiger partial charge in [0.2, 0.25) is 10.0 Å². The van der Waals surface area contributed by atoms with E-state index in [0.29, 0.717) is 17.5 Å². The molecule has 0 aromatic heterocycles. The maximum Gasteiger partial charge on any atom is 0.335 e. The molecule has 0 aliphatic carbocycles. The zero-order valence-electron chi connectivity index (χ0n) is 11.6. The van der Waals surface area contributed by atoms with Crippen molar-refractivity contribution in [2.24, 2.45) is 0 Å². The molecule has 1 atom stereocenters. The van der Waals surface area contributed by atoms with Gasteiger partial charge >= 0.3 is 5.97 Å². The molecule has 108 valence electrons. The number of rotatable bonds is 5. The minimum atomic E-state index is -3.84. The minimum Gasteiger partial charge on any atom is -0.478 e. The van der Waals surface area contributed by atoms with Crippen molar-refractivity contribution in [1.82, 2.24) is 4.72 Å². The fourth-order valence-corrected chi connectivity index (χ4v) is 3.33. The fraction of sp³-hybridized carbons (Fsp3) is 0.357. The summed E-state index contributed by atoms with van der Waals surface area (Å²) in [4.78, 5) is 11.0. The second-order valence-electron chi connectivity index (χ2n) is 4.49. The summed E-state index contributed by atoms with van der Waals surface area (Å²) in [6.07, 6.45) is 5.69. The molecule has 0 amide bonds. The Bertz CT molecular complexity index is 671. The molecular weight excluding hydrogens is 278 g/mol. The van der Waals surface area contributed by atoms with Gasteiger partial charge in [0.15, 0.2) is 0 Å². The van der Waals surface area contributed by atoms with Gasteiger partial charge in [0.05, 0.1) is 16.5 Å². The van der Waals surface area contributed by atoms with Gasteiger partial charge in [-0.15, -0.1) is 6.42 Å². The van der Waals surface area contributed by atoms with Crippen LogP contribution in [-0.4, -0.2) is 25.5 Å². The van der Waals surface area contributed by atoms with Crippen molar-refractivity contribution in [2.75, 3.05) is 0 Å². The van der Waals surface area contributed by atoms with Crippen molar-refractivity contribution in [1.29, 1.82) is 0 Å². The molecule has 0 aliphatic heterocycles. The van der Waals surface area contributed by atoms with Crippen molar-refractivity contribution < 1.29 is 18.3 Å². The lowest BCUT2D eigenvalue weighted by atomic mass is 10.1. The quantitative estimate of drug-likeness (QED) is 0.810. The van der Waals surface area contributed by atoms with Crippen molar-refractivity contribution in [2.45, 2.75) is 38.1 Å². The first-order chi connectivity index (χ1) is 9.22. The lowest BCUT2D eigenvalue weighted by Crippen LogP contribution is -2.33. The smallest absolute Gasteiger partial charge is 0.335 e. The number of nitrogens with one attached hydrogen (secondary N) is 1. The molecule has 2 N–H and O–H groups in total. The van der Waals surface area contributed by atoms with Crippen LogP contribution in [-0.2, 0) is 10.0 Å². The molecule has 0 aliphatic rings. The highest BCUT2D eigenvalue weighted by atomic mass is 32.2. The zero-order chi connectivity index (χ0) is 15.5. The summed E-state index contributed by atoms with van der Waals surface area (Å²) in [7, 11) is -3.84. The second-order valence-corrected chi connectivity index (χ2v) is 6.17. The van der Waals surface area contributed by atoms with E-state index in [0.717, 1.165) is 0 Å². The van der Waals surface area contributed by atoms with Gasteiger partial charge in [-0.25, -0.2) is 13.2 Å². The average molecular weight is 295 g/mol. The molecule has 1 aromatic rings. The molecular formula is C14H17NO4S. The molecule has 0 bridgehead atoms. The lowest BCUT2D eigenvalue weighted by molar-refractivity contribution is 0.0696. The molecule has 0 spiro atoms. The lowest BCUT2D eigenvalue weighted by Gasteiger charge is -2.14. The summed E-state index contributed by atoms with van der Waals surface area (Å²) >= 11 is 0. The van der Waals surface area contributed by atoms with E-state index in [2.05, 4.69) is 10.6 Å². The van der Waals surface area contributed by atoms with Crippen LogP contribution in [0.15, 0.2) is 17.0 Å². The van der Waals surface area contributed by atoms with E-state index < -0.39 is 22.0 Å². The predicted octanol–water partition coefficient (Wildman–Crippen LogP) is 1.69. The van der Waals surface area contributed by atoms with Crippen LogP contribution in [0, 0.1) is 26.2 Å². The standard InChI is InChI=1S/C14H17NO4S/c1-5-11(6-2)15-20(18,19)13-8-12(14(16)17)9(3)7-10(13)4/h1,7-8,11,15H,6H2,2-4H3,(H,16,17). The molecule has 0 saturated carbocycles. The first-order valence-electron chi connectivity index (χ1n) is 6.06. The topological polar surface area (TPSA) is 83.5 Å². The largest absolute Gasteiger partial charge is 0.478 e. The third kappa shape index (κ3) is 3.38.